The highest BCUT2D eigenvalue weighted by Gasteiger charge is 2.20. The van der Waals surface area contributed by atoms with Gasteiger partial charge in [-0.1, -0.05) is 29.8 Å². The predicted octanol–water partition coefficient (Wildman–Crippen LogP) is 4.01. The Balaban J connectivity index is 1.67. The summed E-state index contributed by atoms with van der Waals surface area (Å²) >= 11 is 0. The van der Waals surface area contributed by atoms with E-state index >= 15 is 0 Å². The van der Waals surface area contributed by atoms with Crippen molar-refractivity contribution < 1.29 is 14.6 Å². The van der Waals surface area contributed by atoms with Crippen molar-refractivity contribution in [2.45, 2.75) is 20.4 Å². The zero-order valence-corrected chi connectivity index (χ0v) is 19.6. The molecule has 0 saturated heterocycles. The highest BCUT2D eigenvalue weighted by molar-refractivity contribution is 5.96. The summed E-state index contributed by atoms with van der Waals surface area (Å²) in [6.45, 7) is 4.76. The first-order valence-corrected chi connectivity index (χ1v) is 11.3. The summed E-state index contributed by atoms with van der Waals surface area (Å²) in [5.41, 5.74) is 5.23. The molecule has 0 spiro atoms. The van der Waals surface area contributed by atoms with E-state index in [0.29, 0.717) is 23.7 Å². The van der Waals surface area contributed by atoms with Crippen LogP contribution in [0.25, 0.3) is 22.0 Å². The Hall–Kier alpha value is -3.91. The minimum atomic E-state index is -0.198. The van der Waals surface area contributed by atoms with Gasteiger partial charge in [0.25, 0.3) is 5.91 Å². The monoisotopic (exact) mass is 459 g/mol. The van der Waals surface area contributed by atoms with E-state index in [9.17, 15) is 9.90 Å². The second-order valence-electron chi connectivity index (χ2n) is 8.00. The number of fused-ring (bicyclic) bond motifs is 1. The number of nitrogens with one attached hydrogen (secondary N) is 2. The Kier molecular flexibility index (Phi) is 7.08. The number of pyridine rings is 1. The van der Waals surface area contributed by atoms with Crippen molar-refractivity contribution in [3.63, 3.8) is 0 Å². The number of aryl methyl sites for hydroxylation is 1. The van der Waals surface area contributed by atoms with Gasteiger partial charge >= 0.3 is 0 Å². The Morgan fingerprint density at radius 3 is 2.79 bits per heavy atom. The first kappa shape index (κ1) is 23.3. The number of amides is 1. The van der Waals surface area contributed by atoms with E-state index < -0.39 is 0 Å². The molecular weight excluding hydrogens is 430 g/mol. The molecular formula is C26H29N5O3. The SMILES string of the molecule is CCOc1cc(C(=O)N(CCO)Cc2cnc(NC)c3cn[nH]c23)ccc1-c1cccc(C)c1. The molecule has 2 aromatic heterocycles. The predicted molar refractivity (Wildman–Crippen MR) is 133 cm³/mol. The third-order valence-electron chi connectivity index (χ3n) is 5.68. The number of aliphatic hydroxyl groups excluding tert-OH is 1. The zero-order valence-electron chi connectivity index (χ0n) is 19.6. The molecule has 0 saturated carbocycles. The van der Waals surface area contributed by atoms with Gasteiger partial charge in [0.15, 0.2) is 0 Å². The number of aromatic amines is 1. The van der Waals surface area contributed by atoms with Crippen LogP contribution in [-0.2, 0) is 6.54 Å². The highest BCUT2D eigenvalue weighted by Crippen LogP contribution is 2.32. The standard InChI is InChI=1S/C26H29N5O3/c1-4-34-23-13-19(8-9-21(23)18-7-5-6-17(2)12-18)26(33)31(10-11-32)16-20-14-28-25(27-3)22-15-29-30-24(20)22/h5-9,12-15,32H,4,10-11,16H2,1-3H3,(H,27,28)(H,29,30). The fraction of sp³-hybridized carbons (Fsp3) is 0.269. The van der Waals surface area contributed by atoms with Crippen LogP contribution in [0.15, 0.2) is 54.9 Å². The number of anilines is 1. The van der Waals surface area contributed by atoms with E-state index in [2.05, 4.69) is 26.6 Å². The van der Waals surface area contributed by atoms with Crippen LogP contribution in [-0.4, -0.2) is 57.9 Å². The van der Waals surface area contributed by atoms with Gasteiger partial charge in [-0.3, -0.25) is 9.89 Å². The molecule has 4 rings (SSSR count). The van der Waals surface area contributed by atoms with Crippen molar-refractivity contribution in [3.8, 4) is 16.9 Å². The molecule has 0 atom stereocenters. The number of aliphatic hydroxyl groups is 1. The molecule has 0 aliphatic heterocycles. The largest absolute Gasteiger partial charge is 0.493 e. The molecule has 0 aliphatic rings. The molecule has 0 fully saturated rings. The summed E-state index contributed by atoms with van der Waals surface area (Å²) in [6.07, 6.45) is 3.42. The third-order valence-corrected chi connectivity index (χ3v) is 5.68. The van der Waals surface area contributed by atoms with Crippen LogP contribution in [0.2, 0.25) is 0 Å². The van der Waals surface area contributed by atoms with E-state index in [1.165, 1.54) is 0 Å². The molecule has 34 heavy (non-hydrogen) atoms. The number of carbonyl (C=O) groups is 1. The van der Waals surface area contributed by atoms with Gasteiger partial charge in [0.1, 0.15) is 11.6 Å². The van der Waals surface area contributed by atoms with Crippen molar-refractivity contribution in [3.05, 3.63) is 71.5 Å². The number of hydrogen-bond donors (Lipinski definition) is 3. The van der Waals surface area contributed by atoms with Crippen LogP contribution in [0.3, 0.4) is 0 Å². The van der Waals surface area contributed by atoms with Crippen LogP contribution in [0, 0.1) is 6.92 Å². The van der Waals surface area contributed by atoms with Gasteiger partial charge in [-0.2, -0.15) is 5.10 Å². The summed E-state index contributed by atoms with van der Waals surface area (Å²) in [4.78, 5) is 19.5. The van der Waals surface area contributed by atoms with E-state index in [1.54, 1.807) is 36.5 Å². The lowest BCUT2D eigenvalue weighted by molar-refractivity contribution is 0.0708. The topological polar surface area (TPSA) is 103 Å². The van der Waals surface area contributed by atoms with Gasteiger partial charge in [-0.05, 0) is 37.6 Å². The van der Waals surface area contributed by atoms with Gasteiger partial charge in [0, 0.05) is 43.0 Å². The quantitative estimate of drug-likeness (QED) is 0.349. The van der Waals surface area contributed by atoms with Crippen LogP contribution in [0.5, 0.6) is 5.75 Å². The molecule has 176 valence electrons. The molecule has 1 amide bonds. The second-order valence-corrected chi connectivity index (χ2v) is 8.00. The number of benzene rings is 2. The maximum absolute atomic E-state index is 13.5. The molecule has 0 bridgehead atoms. The molecule has 2 aromatic carbocycles. The molecule has 0 unspecified atom stereocenters. The lowest BCUT2D eigenvalue weighted by Gasteiger charge is -2.23. The number of nitrogens with zero attached hydrogens (tertiary/aromatic N) is 3. The summed E-state index contributed by atoms with van der Waals surface area (Å²) in [7, 11) is 1.80. The maximum atomic E-state index is 13.5. The third kappa shape index (κ3) is 4.72. The summed E-state index contributed by atoms with van der Waals surface area (Å²) in [5, 5.41) is 20.7. The lowest BCUT2D eigenvalue weighted by Crippen LogP contribution is -2.33. The number of aromatic nitrogens is 3. The number of carbonyl (C=O) groups excluding carboxylic acids is 1. The summed E-state index contributed by atoms with van der Waals surface area (Å²) < 4.78 is 5.90. The Morgan fingerprint density at radius 2 is 2.06 bits per heavy atom. The number of H-pyrrole nitrogens is 1. The maximum Gasteiger partial charge on any atom is 0.254 e. The minimum Gasteiger partial charge on any atom is -0.493 e. The van der Waals surface area contributed by atoms with Gasteiger partial charge in [-0.15, -0.1) is 0 Å². The summed E-state index contributed by atoms with van der Waals surface area (Å²) in [6, 6.07) is 13.7. The van der Waals surface area contributed by atoms with Crippen molar-refractivity contribution in [2.24, 2.45) is 0 Å². The molecule has 0 aliphatic carbocycles. The average Bonchev–Trinajstić information content (AvgIpc) is 3.34. The molecule has 8 nitrogen and oxygen atoms in total. The van der Waals surface area contributed by atoms with Crippen molar-refractivity contribution in [1.29, 1.82) is 0 Å². The van der Waals surface area contributed by atoms with Crippen molar-refractivity contribution in [1.82, 2.24) is 20.1 Å². The number of rotatable bonds is 9. The smallest absolute Gasteiger partial charge is 0.254 e. The lowest BCUT2D eigenvalue weighted by atomic mass is 10.0. The molecule has 3 N–H and O–H groups in total. The average molecular weight is 460 g/mol. The van der Waals surface area contributed by atoms with E-state index in [1.807, 2.05) is 38.1 Å². The van der Waals surface area contributed by atoms with Crippen LogP contribution < -0.4 is 10.1 Å². The van der Waals surface area contributed by atoms with E-state index in [-0.39, 0.29) is 25.6 Å². The fourth-order valence-electron chi connectivity index (χ4n) is 4.05. The van der Waals surface area contributed by atoms with Crippen molar-refractivity contribution in [2.75, 3.05) is 32.1 Å². The van der Waals surface area contributed by atoms with Gasteiger partial charge in [0.2, 0.25) is 0 Å². The molecule has 4 aromatic rings. The van der Waals surface area contributed by atoms with E-state index in [4.69, 9.17) is 4.74 Å². The Morgan fingerprint density at radius 1 is 1.21 bits per heavy atom. The summed E-state index contributed by atoms with van der Waals surface area (Å²) in [5.74, 6) is 1.16. The van der Waals surface area contributed by atoms with Crippen LogP contribution in [0.4, 0.5) is 5.82 Å². The zero-order chi connectivity index (χ0) is 24.1. The Bertz CT molecular complexity index is 1300. The highest BCUT2D eigenvalue weighted by atomic mass is 16.5. The first-order chi connectivity index (χ1) is 16.5. The van der Waals surface area contributed by atoms with Gasteiger partial charge < -0.3 is 20.1 Å². The van der Waals surface area contributed by atoms with Gasteiger partial charge in [-0.25, -0.2) is 4.98 Å². The van der Waals surface area contributed by atoms with Crippen molar-refractivity contribution >= 4 is 22.6 Å². The van der Waals surface area contributed by atoms with Crippen LogP contribution in [0.1, 0.15) is 28.4 Å². The second kappa shape index (κ2) is 10.4. The normalized spacial score (nSPS) is 10.9. The first-order valence-electron chi connectivity index (χ1n) is 11.3. The number of hydrogen-bond acceptors (Lipinski definition) is 6. The fourth-order valence-corrected chi connectivity index (χ4v) is 4.05. The van der Waals surface area contributed by atoms with Crippen LogP contribution >= 0.6 is 0 Å². The molecule has 0 radical (unpaired) electrons. The Labute approximate surface area is 198 Å². The minimum absolute atomic E-state index is 0.153. The molecule has 8 heteroatoms. The van der Waals surface area contributed by atoms with E-state index in [0.717, 1.165) is 33.2 Å². The van der Waals surface area contributed by atoms with Gasteiger partial charge in [0.05, 0.1) is 30.3 Å². The number of ether oxygens (including phenoxy) is 1. The molecule has 2 heterocycles.